The Kier molecular flexibility index (Phi) is 5.78. The number of rotatable bonds is 1. The third-order valence-electron chi connectivity index (χ3n) is 11.8. The Bertz CT molecular complexity index is 1070. The molecular weight excluding hydrogens is 454 g/mol. The highest BCUT2D eigenvalue weighted by Gasteiger charge is 2.67. The first-order chi connectivity index (χ1) is 16.8. The molecule has 0 spiro atoms. The Morgan fingerprint density at radius 3 is 2.42 bits per heavy atom. The van der Waals surface area contributed by atoms with E-state index >= 15 is 0 Å². The molecule has 1 aliphatic heterocycles. The van der Waals surface area contributed by atoms with Gasteiger partial charge in [0.2, 0.25) is 0 Å². The van der Waals surface area contributed by atoms with Gasteiger partial charge in [-0.15, -0.1) is 0 Å². The molecule has 6 nitrogen and oxygen atoms in total. The third kappa shape index (κ3) is 3.23. The number of esters is 2. The average Bonchev–Trinajstić information content (AvgIpc) is 2.95. The van der Waals surface area contributed by atoms with Crippen LogP contribution in [-0.4, -0.2) is 30.9 Å². The number of allylic oxidation sites excluding steroid dienone is 2. The van der Waals surface area contributed by atoms with E-state index in [0.717, 1.165) is 44.9 Å². The normalized spacial score (nSPS) is 47.4. The van der Waals surface area contributed by atoms with E-state index in [1.54, 1.807) is 0 Å². The van der Waals surface area contributed by atoms with Crippen molar-refractivity contribution in [1.82, 2.24) is 0 Å². The predicted octanol–water partition coefficient (Wildman–Crippen LogP) is 5.41. The van der Waals surface area contributed by atoms with Crippen LogP contribution < -0.4 is 0 Å². The van der Waals surface area contributed by atoms with Crippen LogP contribution in [0.4, 0.5) is 0 Å². The van der Waals surface area contributed by atoms with Gasteiger partial charge in [-0.25, -0.2) is 0 Å². The first kappa shape index (κ1) is 25.5. The van der Waals surface area contributed by atoms with E-state index < -0.39 is 16.2 Å². The quantitative estimate of drug-likeness (QED) is 0.452. The molecular formula is C30H41NO5. The molecule has 0 N–H and O–H groups in total. The van der Waals surface area contributed by atoms with Crippen molar-refractivity contribution in [1.29, 1.82) is 5.26 Å². The van der Waals surface area contributed by atoms with Gasteiger partial charge in [0.25, 0.3) is 0 Å². The highest BCUT2D eigenvalue weighted by atomic mass is 16.5. The maximum absolute atomic E-state index is 13.5. The summed E-state index contributed by atoms with van der Waals surface area (Å²) in [5.74, 6) is 0.161. The van der Waals surface area contributed by atoms with Crippen LogP contribution in [0.25, 0.3) is 0 Å². The number of Topliss-reactive ketones (excluding diaryl/α,β-unsaturated/α-hetero) is 1. The Morgan fingerprint density at radius 2 is 1.75 bits per heavy atom. The number of methoxy groups -OCH3 is 1. The number of hydrogen-bond acceptors (Lipinski definition) is 6. The summed E-state index contributed by atoms with van der Waals surface area (Å²) in [6.07, 6.45) is 7.90. The third-order valence-corrected chi connectivity index (χ3v) is 11.8. The van der Waals surface area contributed by atoms with Crippen LogP contribution in [-0.2, 0) is 23.9 Å². The Balaban J connectivity index is 1.61. The minimum Gasteiger partial charge on any atom is -0.469 e. The summed E-state index contributed by atoms with van der Waals surface area (Å²) < 4.78 is 11.7. The zero-order chi connectivity index (χ0) is 26.3. The molecule has 36 heavy (non-hydrogen) atoms. The lowest BCUT2D eigenvalue weighted by Gasteiger charge is -2.63. The Hall–Kier alpha value is -2.16. The number of hydrogen-bond donors (Lipinski definition) is 0. The molecule has 0 aromatic carbocycles. The minimum atomic E-state index is -0.656. The lowest BCUT2D eigenvalue weighted by atomic mass is 9.40. The van der Waals surface area contributed by atoms with Gasteiger partial charge in [0, 0.05) is 23.7 Å². The van der Waals surface area contributed by atoms with Crippen LogP contribution in [0.5, 0.6) is 0 Å². The van der Waals surface area contributed by atoms with E-state index in [-0.39, 0.29) is 64.9 Å². The summed E-state index contributed by atoms with van der Waals surface area (Å²) in [4.78, 5) is 39.9. The van der Waals surface area contributed by atoms with Gasteiger partial charge in [0.1, 0.15) is 12.2 Å². The van der Waals surface area contributed by atoms with Crippen LogP contribution in [0.1, 0.15) is 86.0 Å². The van der Waals surface area contributed by atoms with Crippen molar-refractivity contribution in [3.05, 3.63) is 11.6 Å². The monoisotopic (exact) mass is 495 g/mol. The van der Waals surface area contributed by atoms with Crippen molar-refractivity contribution in [3.8, 4) is 6.07 Å². The van der Waals surface area contributed by atoms with Crippen molar-refractivity contribution >= 4 is 17.7 Å². The van der Waals surface area contributed by atoms with Gasteiger partial charge in [-0.05, 0) is 73.5 Å². The average molecular weight is 496 g/mol. The van der Waals surface area contributed by atoms with Gasteiger partial charge in [-0.1, -0.05) is 40.7 Å². The Morgan fingerprint density at radius 1 is 1.06 bits per heavy atom. The SMILES string of the molecule is COC(=O)C12CCC(C)CC1C1OC(=O)CC3C4(C)C=C(C#N)C(=O)C(C)(C)C4CCC3(C)C1CC2. The fourth-order valence-electron chi connectivity index (χ4n) is 9.97. The number of nitrogens with zero attached hydrogens (tertiary/aromatic N) is 1. The van der Waals surface area contributed by atoms with Crippen LogP contribution in [0.15, 0.2) is 11.6 Å². The zero-order valence-corrected chi connectivity index (χ0v) is 22.7. The summed E-state index contributed by atoms with van der Waals surface area (Å²) in [6.45, 7) is 10.7. The van der Waals surface area contributed by atoms with E-state index in [2.05, 4.69) is 26.8 Å². The molecule has 4 fully saturated rings. The zero-order valence-electron chi connectivity index (χ0n) is 22.7. The summed E-state index contributed by atoms with van der Waals surface area (Å²) in [7, 11) is 1.47. The number of carbonyl (C=O) groups is 3. The van der Waals surface area contributed by atoms with E-state index in [0.29, 0.717) is 5.92 Å². The maximum Gasteiger partial charge on any atom is 0.312 e. The lowest BCUT2D eigenvalue weighted by molar-refractivity contribution is -0.194. The number of fused-ring (bicyclic) bond motifs is 7. The van der Waals surface area contributed by atoms with Crippen molar-refractivity contribution in [3.63, 3.8) is 0 Å². The summed E-state index contributed by atoms with van der Waals surface area (Å²) in [5, 5.41) is 9.84. The summed E-state index contributed by atoms with van der Waals surface area (Å²) in [5.41, 5.74) is -1.66. The molecule has 1 heterocycles. The van der Waals surface area contributed by atoms with Crippen molar-refractivity contribution in [2.24, 2.45) is 51.2 Å². The molecule has 4 aliphatic carbocycles. The number of nitriles is 1. The smallest absolute Gasteiger partial charge is 0.312 e. The molecule has 0 aromatic rings. The molecule has 3 saturated carbocycles. The van der Waals surface area contributed by atoms with Crippen molar-refractivity contribution in [2.45, 2.75) is 92.1 Å². The van der Waals surface area contributed by atoms with Crippen molar-refractivity contribution in [2.75, 3.05) is 7.11 Å². The van der Waals surface area contributed by atoms with Gasteiger partial charge in [-0.3, -0.25) is 14.4 Å². The van der Waals surface area contributed by atoms with Crippen molar-refractivity contribution < 1.29 is 23.9 Å². The van der Waals surface area contributed by atoms with Gasteiger partial charge >= 0.3 is 11.9 Å². The van der Waals surface area contributed by atoms with E-state index in [9.17, 15) is 19.6 Å². The molecule has 0 radical (unpaired) electrons. The Labute approximate surface area is 215 Å². The van der Waals surface area contributed by atoms with E-state index in [1.165, 1.54) is 7.11 Å². The van der Waals surface area contributed by atoms with Gasteiger partial charge in [0.05, 0.1) is 18.1 Å². The fourth-order valence-corrected chi connectivity index (χ4v) is 9.97. The minimum absolute atomic E-state index is 0.0337. The fraction of sp³-hybridized carbons (Fsp3) is 0.800. The molecule has 9 unspecified atom stereocenters. The molecule has 9 atom stereocenters. The number of ether oxygens (including phenoxy) is 2. The van der Waals surface area contributed by atoms with Crippen LogP contribution >= 0.6 is 0 Å². The highest BCUT2D eigenvalue weighted by Crippen LogP contribution is 2.69. The van der Waals surface area contributed by atoms with Gasteiger partial charge in [-0.2, -0.15) is 5.26 Å². The molecule has 5 aliphatic rings. The van der Waals surface area contributed by atoms with Crippen LogP contribution in [0, 0.1) is 62.6 Å². The summed E-state index contributed by atoms with van der Waals surface area (Å²) in [6, 6.07) is 2.17. The molecule has 0 aromatic heterocycles. The molecule has 1 saturated heterocycles. The molecule has 196 valence electrons. The second kappa shape index (κ2) is 8.17. The number of carbonyl (C=O) groups excluding carboxylic acids is 3. The highest BCUT2D eigenvalue weighted by molar-refractivity contribution is 6.04. The summed E-state index contributed by atoms with van der Waals surface area (Å²) >= 11 is 0. The predicted molar refractivity (Wildman–Crippen MR) is 133 cm³/mol. The van der Waals surface area contributed by atoms with Crippen LogP contribution in [0.3, 0.4) is 0 Å². The second-order valence-electron chi connectivity index (χ2n) is 13.7. The van der Waals surface area contributed by atoms with Gasteiger partial charge in [0.15, 0.2) is 5.78 Å². The largest absolute Gasteiger partial charge is 0.469 e. The first-order valence-corrected chi connectivity index (χ1v) is 13.8. The van der Waals surface area contributed by atoms with Crippen LogP contribution in [0.2, 0.25) is 0 Å². The number of ketones is 1. The maximum atomic E-state index is 13.5. The van der Waals surface area contributed by atoms with Gasteiger partial charge < -0.3 is 9.47 Å². The van der Waals surface area contributed by atoms with E-state index in [1.807, 2.05) is 19.9 Å². The van der Waals surface area contributed by atoms with E-state index in [4.69, 9.17) is 9.47 Å². The second-order valence-corrected chi connectivity index (χ2v) is 13.7. The first-order valence-electron chi connectivity index (χ1n) is 13.8. The topological polar surface area (TPSA) is 93.5 Å². The molecule has 0 bridgehead atoms. The standard InChI is InChI=1S/C30H41NO5/c1-17-7-11-30(26(34)35-6)12-8-19-24(20(30)13-17)36-23(32)14-22-28(19,4)10-9-21-27(2,3)25(33)18(16-31)15-29(21,22)5/h15,17,19-22,24H,7-14H2,1-6H3. The molecule has 6 heteroatoms. The molecule has 5 rings (SSSR count). The molecule has 0 amide bonds. The lowest BCUT2D eigenvalue weighted by Crippen LogP contribution is -2.61.